The van der Waals surface area contributed by atoms with Crippen molar-refractivity contribution in [3.63, 3.8) is 0 Å². The Morgan fingerprint density at radius 3 is 2.52 bits per heavy atom. The maximum absolute atomic E-state index is 4.40. The zero-order chi connectivity index (χ0) is 16.6. The number of nitrogens with zero attached hydrogens (tertiary/aromatic N) is 5. The third kappa shape index (κ3) is 3.70. The van der Waals surface area contributed by atoms with Gasteiger partial charge in [-0.25, -0.2) is 4.98 Å². The zero-order valence-electron chi connectivity index (χ0n) is 14.6. The van der Waals surface area contributed by atoms with E-state index in [1.54, 1.807) is 11.3 Å². The third-order valence-corrected chi connectivity index (χ3v) is 5.20. The topological polar surface area (TPSA) is 45.2 Å². The Balaban J connectivity index is 1.54. The number of anilines is 1. The SMILES string of the molecule is Cc1ncc(CN(C)C2CN(c3ccc(C(C)(C)C)nn3)C2)s1. The Labute approximate surface area is 142 Å². The number of hydrogen-bond acceptors (Lipinski definition) is 6. The number of rotatable bonds is 4. The van der Waals surface area contributed by atoms with Gasteiger partial charge in [-0.2, -0.15) is 5.10 Å². The zero-order valence-corrected chi connectivity index (χ0v) is 15.4. The molecule has 3 rings (SSSR count). The molecule has 1 aliphatic rings. The van der Waals surface area contributed by atoms with E-state index in [1.165, 1.54) is 4.88 Å². The molecule has 0 saturated carbocycles. The second-order valence-electron chi connectivity index (χ2n) is 7.35. The van der Waals surface area contributed by atoms with E-state index in [4.69, 9.17) is 0 Å². The van der Waals surface area contributed by atoms with Gasteiger partial charge in [0, 0.05) is 42.2 Å². The fourth-order valence-electron chi connectivity index (χ4n) is 2.67. The molecule has 0 aromatic carbocycles. The van der Waals surface area contributed by atoms with Gasteiger partial charge in [-0.1, -0.05) is 20.8 Å². The Morgan fingerprint density at radius 2 is 2.00 bits per heavy atom. The van der Waals surface area contributed by atoms with E-state index < -0.39 is 0 Å². The van der Waals surface area contributed by atoms with Gasteiger partial charge in [0.1, 0.15) is 0 Å². The van der Waals surface area contributed by atoms with Gasteiger partial charge in [-0.15, -0.1) is 16.4 Å². The van der Waals surface area contributed by atoms with Crippen molar-refractivity contribution < 1.29 is 0 Å². The molecule has 0 N–H and O–H groups in total. The van der Waals surface area contributed by atoms with Gasteiger partial charge in [0.2, 0.25) is 0 Å². The van der Waals surface area contributed by atoms with Crippen molar-refractivity contribution in [1.82, 2.24) is 20.1 Å². The molecule has 1 fully saturated rings. The fourth-order valence-corrected chi connectivity index (χ4v) is 3.53. The lowest BCUT2D eigenvalue weighted by Gasteiger charge is -2.44. The molecule has 6 heteroatoms. The lowest BCUT2D eigenvalue weighted by Crippen LogP contribution is -2.58. The minimum absolute atomic E-state index is 0.0517. The van der Waals surface area contributed by atoms with Crippen LogP contribution in [0, 0.1) is 6.92 Å². The van der Waals surface area contributed by atoms with Crippen LogP contribution < -0.4 is 4.90 Å². The lowest BCUT2D eigenvalue weighted by atomic mass is 9.92. The average molecular weight is 331 g/mol. The van der Waals surface area contributed by atoms with Crippen LogP contribution in [-0.4, -0.2) is 46.3 Å². The van der Waals surface area contributed by atoms with Gasteiger partial charge >= 0.3 is 0 Å². The molecule has 5 nitrogen and oxygen atoms in total. The highest BCUT2D eigenvalue weighted by atomic mass is 32.1. The second kappa shape index (κ2) is 6.17. The summed E-state index contributed by atoms with van der Waals surface area (Å²) in [7, 11) is 2.19. The van der Waals surface area contributed by atoms with Crippen LogP contribution in [0.4, 0.5) is 5.82 Å². The van der Waals surface area contributed by atoms with Crippen molar-refractivity contribution in [2.75, 3.05) is 25.0 Å². The van der Waals surface area contributed by atoms with Crippen molar-refractivity contribution in [2.24, 2.45) is 0 Å². The number of aromatic nitrogens is 3. The van der Waals surface area contributed by atoms with E-state index in [0.29, 0.717) is 6.04 Å². The molecule has 0 spiro atoms. The molecule has 0 radical (unpaired) electrons. The highest BCUT2D eigenvalue weighted by Gasteiger charge is 2.31. The van der Waals surface area contributed by atoms with Crippen molar-refractivity contribution in [2.45, 2.75) is 45.7 Å². The predicted molar refractivity (Wildman–Crippen MR) is 95.1 cm³/mol. The van der Waals surface area contributed by atoms with E-state index >= 15 is 0 Å². The van der Waals surface area contributed by atoms with Crippen LogP contribution in [0.25, 0.3) is 0 Å². The van der Waals surface area contributed by atoms with Gasteiger partial charge in [-0.05, 0) is 26.1 Å². The van der Waals surface area contributed by atoms with Crippen molar-refractivity contribution >= 4 is 17.2 Å². The normalized spacial score (nSPS) is 16.0. The van der Waals surface area contributed by atoms with Crippen LogP contribution in [-0.2, 0) is 12.0 Å². The number of likely N-dealkylation sites (N-methyl/N-ethyl adjacent to an activating group) is 1. The molecule has 0 unspecified atom stereocenters. The summed E-state index contributed by atoms with van der Waals surface area (Å²) in [4.78, 5) is 10.4. The minimum Gasteiger partial charge on any atom is -0.352 e. The summed E-state index contributed by atoms with van der Waals surface area (Å²) in [6.45, 7) is 11.5. The predicted octanol–water partition coefficient (Wildman–Crippen LogP) is 2.86. The Kier molecular flexibility index (Phi) is 4.38. The molecule has 0 aliphatic carbocycles. The Morgan fingerprint density at radius 1 is 1.26 bits per heavy atom. The standard InChI is InChI=1S/C17H25N5S/c1-12-18-8-14(23-12)11-21(5)13-9-22(10-13)16-7-6-15(19-20-16)17(2,3)4/h6-8,13H,9-11H2,1-5H3. The van der Waals surface area contributed by atoms with Crippen LogP contribution in [0.15, 0.2) is 18.3 Å². The van der Waals surface area contributed by atoms with Crippen molar-refractivity contribution in [3.8, 4) is 0 Å². The molecule has 2 aromatic rings. The molecule has 1 aliphatic heterocycles. The maximum atomic E-state index is 4.40. The van der Waals surface area contributed by atoms with E-state index in [-0.39, 0.29) is 5.41 Å². The minimum atomic E-state index is 0.0517. The third-order valence-electron chi connectivity index (χ3n) is 4.30. The smallest absolute Gasteiger partial charge is 0.151 e. The molecular formula is C17H25N5S. The average Bonchev–Trinajstić information content (AvgIpc) is 2.82. The van der Waals surface area contributed by atoms with E-state index in [0.717, 1.165) is 36.2 Å². The van der Waals surface area contributed by atoms with Crippen molar-refractivity contribution in [3.05, 3.63) is 33.9 Å². The largest absolute Gasteiger partial charge is 0.352 e. The molecular weight excluding hydrogens is 306 g/mol. The fraction of sp³-hybridized carbons (Fsp3) is 0.588. The first-order valence-corrected chi connectivity index (χ1v) is 8.85. The van der Waals surface area contributed by atoms with Crippen LogP contribution >= 0.6 is 11.3 Å². The molecule has 0 atom stereocenters. The van der Waals surface area contributed by atoms with E-state index in [2.05, 4.69) is 71.9 Å². The summed E-state index contributed by atoms with van der Waals surface area (Å²) in [5, 5.41) is 9.92. The molecule has 0 bridgehead atoms. The Bertz CT molecular complexity index is 652. The first-order chi connectivity index (χ1) is 10.8. The summed E-state index contributed by atoms with van der Waals surface area (Å²) in [6, 6.07) is 4.76. The van der Waals surface area contributed by atoms with Gasteiger partial charge in [-0.3, -0.25) is 4.90 Å². The Hall–Kier alpha value is -1.53. The van der Waals surface area contributed by atoms with Crippen LogP contribution in [0.3, 0.4) is 0 Å². The number of thiazole rings is 1. The van der Waals surface area contributed by atoms with E-state index in [1.807, 2.05) is 6.20 Å². The summed E-state index contributed by atoms with van der Waals surface area (Å²) in [5.74, 6) is 0.983. The van der Waals surface area contributed by atoms with Gasteiger partial charge in [0.25, 0.3) is 0 Å². The van der Waals surface area contributed by atoms with Crippen LogP contribution in [0.2, 0.25) is 0 Å². The van der Waals surface area contributed by atoms with Gasteiger partial charge in [0.15, 0.2) is 5.82 Å². The molecule has 23 heavy (non-hydrogen) atoms. The summed E-state index contributed by atoms with van der Waals surface area (Å²) in [6.07, 6.45) is 1.99. The first kappa shape index (κ1) is 16.3. The number of aryl methyl sites for hydroxylation is 1. The highest BCUT2D eigenvalue weighted by Crippen LogP contribution is 2.25. The maximum Gasteiger partial charge on any atom is 0.151 e. The summed E-state index contributed by atoms with van der Waals surface area (Å²) in [5.41, 5.74) is 1.09. The molecule has 0 amide bonds. The molecule has 124 valence electrons. The van der Waals surface area contributed by atoms with Crippen LogP contribution in [0.5, 0.6) is 0 Å². The second-order valence-corrected chi connectivity index (χ2v) is 8.67. The van der Waals surface area contributed by atoms with Gasteiger partial charge < -0.3 is 4.90 Å². The molecule has 1 saturated heterocycles. The van der Waals surface area contributed by atoms with Gasteiger partial charge in [0.05, 0.1) is 10.7 Å². The summed E-state index contributed by atoms with van der Waals surface area (Å²) < 4.78 is 0. The molecule has 2 aromatic heterocycles. The van der Waals surface area contributed by atoms with Crippen LogP contribution in [0.1, 0.15) is 36.3 Å². The van der Waals surface area contributed by atoms with Crippen molar-refractivity contribution in [1.29, 1.82) is 0 Å². The first-order valence-electron chi connectivity index (χ1n) is 8.03. The quantitative estimate of drug-likeness (QED) is 0.862. The molecule has 3 heterocycles. The summed E-state index contributed by atoms with van der Waals surface area (Å²) >= 11 is 1.78. The highest BCUT2D eigenvalue weighted by molar-refractivity contribution is 7.11. The monoisotopic (exact) mass is 331 g/mol. The lowest BCUT2D eigenvalue weighted by molar-refractivity contribution is 0.198. The van der Waals surface area contributed by atoms with E-state index in [9.17, 15) is 0 Å². The number of hydrogen-bond donors (Lipinski definition) is 0.